The first-order valence-corrected chi connectivity index (χ1v) is 6.23. The van der Waals surface area contributed by atoms with Gasteiger partial charge in [-0.25, -0.2) is 9.37 Å². The molecule has 0 aliphatic rings. The van der Waals surface area contributed by atoms with E-state index in [-0.39, 0.29) is 5.82 Å². The highest BCUT2D eigenvalue weighted by Crippen LogP contribution is 2.17. The van der Waals surface area contributed by atoms with Gasteiger partial charge in [-0.2, -0.15) is 0 Å². The highest BCUT2D eigenvalue weighted by Gasteiger charge is 2.02. The molecule has 3 N–H and O–H groups in total. The number of rotatable bonds is 4. The topological polar surface area (TPSA) is 50.9 Å². The van der Waals surface area contributed by atoms with Crippen molar-refractivity contribution < 1.29 is 4.39 Å². The molecule has 3 nitrogen and oxygen atoms in total. The first-order chi connectivity index (χ1) is 8.15. The lowest BCUT2D eigenvalue weighted by molar-refractivity contribution is 0.630. The van der Waals surface area contributed by atoms with Gasteiger partial charge in [0.2, 0.25) is 0 Å². The van der Waals surface area contributed by atoms with Crippen LogP contribution in [0.2, 0.25) is 0 Å². The van der Waals surface area contributed by atoms with Gasteiger partial charge < -0.3 is 11.1 Å². The van der Waals surface area contributed by atoms with Gasteiger partial charge in [-0.3, -0.25) is 0 Å². The summed E-state index contributed by atoms with van der Waals surface area (Å²) in [5, 5.41) is 6.11. The summed E-state index contributed by atoms with van der Waals surface area (Å²) in [7, 11) is 0. The summed E-state index contributed by atoms with van der Waals surface area (Å²) in [6, 6.07) is 4.64. The van der Waals surface area contributed by atoms with E-state index in [0.717, 1.165) is 17.1 Å². The molecule has 0 atom stereocenters. The summed E-state index contributed by atoms with van der Waals surface area (Å²) in [6.07, 6.45) is 0.786. The van der Waals surface area contributed by atoms with Gasteiger partial charge in [0, 0.05) is 24.0 Å². The number of nitrogens with one attached hydrogen (secondary N) is 1. The second-order valence-corrected chi connectivity index (χ2v) is 4.84. The molecule has 0 spiro atoms. The third-order valence-corrected chi connectivity index (χ3v) is 3.18. The predicted octanol–water partition coefficient (Wildman–Crippen LogP) is 2.83. The average Bonchev–Trinajstić information content (AvgIpc) is 2.68. The zero-order chi connectivity index (χ0) is 12.3. The van der Waals surface area contributed by atoms with E-state index < -0.39 is 0 Å². The molecule has 17 heavy (non-hydrogen) atoms. The fraction of sp³-hybridized carbons (Fsp3) is 0.250. The minimum atomic E-state index is -0.320. The van der Waals surface area contributed by atoms with Crippen LogP contribution >= 0.6 is 11.3 Å². The first-order valence-electron chi connectivity index (χ1n) is 5.35. The van der Waals surface area contributed by atoms with Gasteiger partial charge in [-0.15, -0.1) is 11.3 Å². The number of hydrogen-bond acceptors (Lipinski definition) is 4. The van der Waals surface area contributed by atoms with E-state index in [2.05, 4.69) is 10.3 Å². The van der Waals surface area contributed by atoms with Crippen LogP contribution in [0.3, 0.4) is 0 Å². The highest BCUT2D eigenvalue weighted by molar-refractivity contribution is 7.09. The second kappa shape index (κ2) is 5.14. The minimum Gasteiger partial charge on any atom is -0.399 e. The first kappa shape index (κ1) is 11.9. The number of benzene rings is 1. The number of nitrogens with two attached hydrogens (primary N) is 1. The van der Waals surface area contributed by atoms with E-state index in [1.54, 1.807) is 23.5 Å². The Labute approximate surface area is 103 Å². The van der Waals surface area contributed by atoms with Crippen LogP contribution in [0.25, 0.3) is 0 Å². The van der Waals surface area contributed by atoms with Gasteiger partial charge in [0.15, 0.2) is 0 Å². The Morgan fingerprint density at radius 2 is 2.29 bits per heavy atom. The van der Waals surface area contributed by atoms with Crippen molar-refractivity contribution >= 4 is 22.7 Å². The standard InChI is InChI=1S/C12H14FN3S/c1-8-16-10(7-17-8)4-5-15-12-3-2-9(14)6-11(12)13/h2-3,6-7,15H,4-5,14H2,1H3. The molecule has 0 fully saturated rings. The molecule has 0 radical (unpaired) electrons. The Kier molecular flexibility index (Phi) is 3.58. The van der Waals surface area contributed by atoms with Crippen molar-refractivity contribution in [2.75, 3.05) is 17.6 Å². The Bertz CT molecular complexity index is 510. The molecule has 0 aliphatic carbocycles. The Hall–Kier alpha value is -1.62. The summed E-state index contributed by atoms with van der Waals surface area (Å²) >= 11 is 1.63. The van der Waals surface area contributed by atoms with Crippen LogP contribution in [0.15, 0.2) is 23.6 Å². The molecule has 0 saturated heterocycles. The van der Waals surface area contributed by atoms with Gasteiger partial charge >= 0.3 is 0 Å². The maximum atomic E-state index is 13.4. The molecule has 2 rings (SSSR count). The predicted molar refractivity (Wildman–Crippen MR) is 69.9 cm³/mol. The minimum absolute atomic E-state index is 0.320. The van der Waals surface area contributed by atoms with E-state index in [1.807, 2.05) is 12.3 Å². The van der Waals surface area contributed by atoms with E-state index in [1.165, 1.54) is 6.07 Å². The fourth-order valence-electron chi connectivity index (χ4n) is 1.52. The van der Waals surface area contributed by atoms with E-state index in [9.17, 15) is 4.39 Å². The van der Waals surface area contributed by atoms with E-state index in [0.29, 0.717) is 17.9 Å². The van der Waals surface area contributed by atoms with Gasteiger partial charge in [0.1, 0.15) is 5.82 Å². The Morgan fingerprint density at radius 3 is 2.94 bits per heavy atom. The quantitative estimate of drug-likeness (QED) is 0.821. The Morgan fingerprint density at radius 1 is 1.47 bits per heavy atom. The largest absolute Gasteiger partial charge is 0.399 e. The van der Waals surface area contributed by atoms with Crippen LogP contribution in [0.5, 0.6) is 0 Å². The summed E-state index contributed by atoms with van der Waals surface area (Å²) < 4.78 is 13.4. The number of nitrogens with zero attached hydrogens (tertiary/aromatic N) is 1. The third kappa shape index (κ3) is 3.17. The van der Waals surface area contributed by atoms with Crippen LogP contribution in [0, 0.1) is 12.7 Å². The average molecular weight is 251 g/mol. The molecular formula is C12H14FN3S. The van der Waals surface area contributed by atoms with E-state index in [4.69, 9.17) is 5.73 Å². The maximum Gasteiger partial charge on any atom is 0.148 e. The molecule has 90 valence electrons. The number of anilines is 2. The molecule has 5 heteroatoms. The van der Waals surface area contributed by atoms with E-state index >= 15 is 0 Å². The summed E-state index contributed by atoms with van der Waals surface area (Å²) in [6.45, 7) is 2.63. The normalized spacial score (nSPS) is 10.5. The van der Waals surface area contributed by atoms with Crippen molar-refractivity contribution in [1.29, 1.82) is 0 Å². The SMILES string of the molecule is Cc1nc(CCNc2ccc(N)cc2F)cs1. The number of aryl methyl sites for hydroxylation is 1. The molecule has 0 aliphatic heterocycles. The number of halogens is 1. The Balaban J connectivity index is 1.90. The summed E-state index contributed by atoms with van der Waals surface area (Å²) in [4.78, 5) is 4.34. The van der Waals surface area contributed by atoms with Crippen molar-refractivity contribution in [2.24, 2.45) is 0 Å². The molecule has 1 aromatic carbocycles. The van der Waals surface area contributed by atoms with Crippen LogP contribution < -0.4 is 11.1 Å². The molecule has 2 aromatic rings. The second-order valence-electron chi connectivity index (χ2n) is 3.77. The van der Waals surface area contributed by atoms with Crippen LogP contribution in [-0.4, -0.2) is 11.5 Å². The monoisotopic (exact) mass is 251 g/mol. The molecule has 0 bridgehead atoms. The zero-order valence-electron chi connectivity index (χ0n) is 9.53. The van der Waals surface area contributed by atoms with Crippen molar-refractivity contribution in [3.05, 3.63) is 40.1 Å². The zero-order valence-corrected chi connectivity index (χ0v) is 10.4. The number of hydrogen-bond donors (Lipinski definition) is 2. The molecule has 0 saturated carbocycles. The smallest absolute Gasteiger partial charge is 0.148 e. The summed E-state index contributed by atoms with van der Waals surface area (Å²) in [5.74, 6) is -0.320. The van der Waals surface area contributed by atoms with Crippen molar-refractivity contribution in [1.82, 2.24) is 4.98 Å². The lowest BCUT2D eigenvalue weighted by atomic mass is 10.2. The molecule has 1 aromatic heterocycles. The van der Waals surface area contributed by atoms with Crippen LogP contribution in [0.1, 0.15) is 10.7 Å². The van der Waals surface area contributed by atoms with Gasteiger partial charge in [0.25, 0.3) is 0 Å². The van der Waals surface area contributed by atoms with Crippen molar-refractivity contribution in [3.8, 4) is 0 Å². The van der Waals surface area contributed by atoms with Gasteiger partial charge in [0.05, 0.1) is 16.4 Å². The molecular weight excluding hydrogens is 237 g/mol. The number of aromatic nitrogens is 1. The van der Waals surface area contributed by atoms with Crippen molar-refractivity contribution in [2.45, 2.75) is 13.3 Å². The molecule has 0 amide bonds. The van der Waals surface area contributed by atoms with Crippen LogP contribution in [-0.2, 0) is 6.42 Å². The van der Waals surface area contributed by atoms with Gasteiger partial charge in [-0.05, 0) is 25.1 Å². The third-order valence-electron chi connectivity index (χ3n) is 2.36. The van der Waals surface area contributed by atoms with Crippen molar-refractivity contribution in [3.63, 3.8) is 0 Å². The number of thiazole rings is 1. The fourth-order valence-corrected chi connectivity index (χ4v) is 2.17. The van der Waals surface area contributed by atoms with Crippen LogP contribution in [0.4, 0.5) is 15.8 Å². The van der Waals surface area contributed by atoms with Gasteiger partial charge in [-0.1, -0.05) is 0 Å². The summed E-state index contributed by atoms with van der Waals surface area (Å²) in [5.41, 5.74) is 7.42. The highest BCUT2D eigenvalue weighted by atomic mass is 32.1. The molecule has 0 unspecified atom stereocenters. The number of nitrogen functional groups attached to an aromatic ring is 1. The lowest BCUT2D eigenvalue weighted by Crippen LogP contribution is -2.06. The molecule has 1 heterocycles. The maximum absolute atomic E-state index is 13.4. The lowest BCUT2D eigenvalue weighted by Gasteiger charge is -2.06.